The number of halogens is 8. The molecule has 1 aliphatic heterocycles. The zero-order valence-electron chi connectivity index (χ0n) is 21.2. The van der Waals surface area contributed by atoms with Crippen LogP contribution in [0.4, 0.5) is 5.69 Å². The average molecular weight is 744 g/mol. The molecule has 7 rings (SSSR count). The Labute approximate surface area is 287 Å². The summed E-state index contributed by atoms with van der Waals surface area (Å²) in [5.74, 6) is -3.98. The van der Waals surface area contributed by atoms with E-state index in [0.29, 0.717) is 16.2 Å². The van der Waals surface area contributed by atoms with Gasteiger partial charge in [0.1, 0.15) is 5.92 Å². The number of rotatable bonds is 2. The molecule has 0 bridgehead atoms. The predicted molar refractivity (Wildman–Crippen MR) is 175 cm³/mol. The summed E-state index contributed by atoms with van der Waals surface area (Å²) < 4.78 is 0. The molecule has 0 atom stereocenters. The van der Waals surface area contributed by atoms with Gasteiger partial charge in [-0.1, -0.05) is 111 Å². The second kappa shape index (κ2) is 10.4. The van der Waals surface area contributed by atoms with Gasteiger partial charge in [0.05, 0.1) is 68.2 Å². The van der Waals surface area contributed by atoms with Gasteiger partial charge in [0.25, 0.3) is 11.8 Å². The van der Waals surface area contributed by atoms with E-state index in [1.54, 1.807) is 18.2 Å². The number of benzene rings is 4. The van der Waals surface area contributed by atoms with Crippen LogP contribution in [0.3, 0.4) is 0 Å². The van der Waals surface area contributed by atoms with Crippen molar-refractivity contribution >= 4 is 144 Å². The van der Waals surface area contributed by atoms with Gasteiger partial charge in [0.15, 0.2) is 11.6 Å². The van der Waals surface area contributed by atoms with Crippen molar-refractivity contribution in [2.75, 3.05) is 4.90 Å². The van der Waals surface area contributed by atoms with Gasteiger partial charge in [0, 0.05) is 27.3 Å². The second-order valence-electron chi connectivity index (χ2n) is 9.90. The molecule has 4 aromatic carbocycles. The quantitative estimate of drug-likeness (QED) is 0.0778. The fraction of sp³-hybridized carbons (Fsp3) is 0.0333. The summed E-state index contributed by atoms with van der Waals surface area (Å²) in [6, 6.07) is 10.9. The van der Waals surface area contributed by atoms with Crippen LogP contribution in [-0.4, -0.2) is 28.4 Å². The molecule has 1 aromatic heterocycles. The molecule has 0 unspecified atom stereocenters. The van der Waals surface area contributed by atoms with E-state index in [1.165, 1.54) is 24.3 Å². The minimum atomic E-state index is -1.33. The van der Waals surface area contributed by atoms with Gasteiger partial charge < -0.3 is 0 Å². The molecule has 14 heteroatoms. The molecule has 218 valence electrons. The highest BCUT2D eigenvalue weighted by Crippen LogP contribution is 2.48. The number of para-hydroxylation sites is 1. The lowest BCUT2D eigenvalue weighted by atomic mass is 9.98. The summed E-state index contributed by atoms with van der Waals surface area (Å²) in [6.45, 7) is 0. The minimum Gasteiger partial charge on any atom is -0.293 e. The van der Waals surface area contributed by atoms with Crippen LogP contribution in [-0.2, 0) is 0 Å². The topological polar surface area (TPSA) is 84.4 Å². The van der Waals surface area contributed by atoms with E-state index >= 15 is 0 Å². The van der Waals surface area contributed by atoms with Gasteiger partial charge in [-0.15, -0.1) is 0 Å². The van der Waals surface area contributed by atoms with Crippen molar-refractivity contribution in [2.45, 2.75) is 5.92 Å². The number of pyridine rings is 1. The minimum absolute atomic E-state index is 0.0168. The van der Waals surface area contributed by atoms with Crippen molar-refractivity contribution in [3.8, 4) is 0 Å². The van der Waals surface area contributed by atoms with Crippen LogP contribution in [0.1, 0.15) is 53.0 Å². The number of amides is 2. The van der Waals surface area contributed by atoms with Crippen LogP contribution in [0.2, 0.25) is 40.2 Å². The van der Waals surface area contributed by atoms with Gasteiger partial charge in [0.2, 0.25) is 0 Å². The van der Waals surface area contributed by atoms with Gasteiger partial charge in [-0.25, -0.2) is 9.88 Å². The Bertz CT molecular complexity index is 2160. The number of Topliss-reactive ketones (excluding diaryl/α,β-unsaturated/α-hetero) is 2. The molecule has 6 nitrogen and oxygen atoms in total. The Kier molecular flexibility index (Phi) is 7.13. The molecule has 0 fully saturated rings. The van der Waals surface area contributed by atoms with E-state index in [-0.39, 0.29) is 79.3 Å². The third-order valence-electron chi connectivity index (χ3n) is 7.62. The van der Waals surface area contributed by atoms with Gasteiger partial charge in [-0.2, -0.15) is 0 Å². The van der Waals surface area contributed by atoms with Gasteiger partial charge in [-0.3, -0.25) is 19.2 Å². The molecular weight excluding hydrogens is 736 g/mol. The third-order valence-corrected chi connectivity index (χ3v) is 11.3. The number of aromatic nitrogens is 1. The number of carbonyl (C=O) groups is 4. The number of fused-ring (bicyclic) bond motifs is 4. The lowest BCUT2D eigenvalue weighted by Crippen LogP contribution is -2.30. The summed E-state index contributed by atoms with van der Waals surface area (Å²) in [5, 5.41) is 0.631. The summed E-state index contributed by atoms with van der Waals surface area (Å²) in [7, 11) is 0. The fourth-order valence-corrected chi connectivity index (χ4v) is 7.56. The highest BCUT2D eigenvalue weighted by atomic mass is 35.5. The van der Waals surface area contributed by atoms with Gasteiger partial charge in [-0.05, 0) is 24.3 Å². The molecule has 2 amide bonds. The Balaban J connectivity index is 1.37. The molecule has 0 spiro atoms. The number of imide groups is 1. The van der Waals surface area contributed by atoms with Crippen LogP contribution >= 0.6 is 92.8 Å². The highest BCUT2D eigenvalue weighted by molar-refractivity contribution is 6.57. The number of hydrogen-bond acceptors (Lipinski definition) is 5. The molecule has 2 heterocycles. The first kappa shape index (κ1) is 30.0. The summed E-state index contributed by atoms with van der Waals surface area (Å²) in [6.07, 6.45) is 0. The van der Waals surface area contributed by atoms with Crippen molar-refractivity contribution < 1.29 is 19.2 Å². The second-order valence-corrected chi connectivity index (χ2v) is 12.9. The molecule has 2 aliphatic rings. The lowest BCUT2D eigenvalue weighted by molar-refractivity contribution is 0.0882. The van der Waals surface area contributed by atoms with E-state index in [9.17, 15) is 19.2 Å². The molecule has 1 aliphatic carbocycles. The lowest BCUT2D eigenvalue weighted by Gasteiger charge is -2.17. The van der Waals surface area contributed by atoms with Crippen LogP contribution < -0.4 is 4.90 Å². The van der Waals surface area contributed by atoms with Crippen LogP contribution in [0.25, 0.3) is 21.7 Å². The van der Waals surface area contributed by atoms with Crippen molar-refractivity contribution in [3.63, 3.8) is 0 Å². The van der Waals surface area contributed by atoms with Crippen LogP contribution in [0, 0.1) is 0 Å². The summed E-state index contributed by atoms with van der Waals surface area (Å²) in [4.78, 5) is 60.0. The first-order valence-electron chi connectivity index (χ1n) is 12.4. The van der Waals surface area contributed by atoms with E-state index in [2.05, 4.69) is 4.98 Å². The first-order chi connectivity index (χ1) is 20.8. The number of nitrogens with zero attached hydrogens (tertiary/aromatic N) is 2. The number of anilines is 1. The van der Waals surface area contributed by atoms with Crippen molar-refractivity contribution in [1.29, 1.82) is 0 Å². The van der Waals surface area contributed by atoms with E-state index in [1.807, 2.05) is 0 Å². The van der Waals surface area contributed by atoms with Crippen molar-refractivity contribution in [1.82, 2.24) is 4.98 Å². The molecule has 0 radical (unpaired) electrons. The Hall–Kier alpha value is -2.65. The van der Waals surface area contributed by atoms with Crippen LogP contribution in [0.5, 0.6) is 0 Å². The van der Waals surface area contributed by atoms with E-state index < -0.39 is 29.3 Å². The Morgan fingerprint density at radius 2 is 1.05 bits per heavy atom. The SMILES string of the molecule is O=C1c2cc3c(Cl)c(Cl)c(Cl)c(Cl)c3cc2C(=O)C1c1ccc2cccc(N3C(=O)c4c(Cl)c(Cl)c(Cl)c(Cl)c4C3=O)c2n1. The molecule has 44 heavy (non-hydrogen) atoms. The standard InChI is InChI=1S/C30H8Cl8N2O4/c31-18-9-6-11-12(7-10(9)19(32)23(36)22(18)35)28(42)15(27(11)41)13-5-4-8-2-1-3-14(26(8)39-13)40-29(43)16-17(30(40)44)21(34)25(38)24(37)20(16)33/h1-7,15H. The third kappa shape index (κ3) is 4.00. The molecular formula is C30H8Cl8N2O4. The number of carbonyl (C=O) groups excluding carboxylic acids is 4. The monoisotopic (exact) mass is 740 g/mol. The van der Waals surface area contributed by atoms with Crippen molar-refractivity contribution in [3.05, 3.63) is 111 Å². The molecule has 0 saturated heterocycles. The molecule has 5 aromatic rings. The summed E-state index contributed by atoms with van der Waals surface area (Å²) in [5.41, 5.74) is 0.132. The maximum absolute atomic E-state index is 13.7. The maximum Gasteiger partial charge on any atom is 0.267 e. The normalized spacial score (nSPS) is 14.9. The Morgan fingerprint density at radius 3 is 1.55 bits per heavy atom. The smallest absolute Gasteiger partial charge is 0.267 e. The van der Waals surface area contributed by atoms with Gasteiger partial charge >= 0.3 is 0 Å². The number of hydrogen-bond donors (Lipinski definition) is 0. The van der Waals surface area contributed by atoms with E-state index in [0.717, 1.165) is 4.90 Å². The predicted octanol–water partition coefficient (Wildman–Crippen LogP) is 10.6. The highest BCUT2D eigenvalue weighted by Gasteiger charge is 2.44. The fourth-order valence-electron chi connectivity index (χ4n) is 5.55. The molecule has 0 N–H and O–H groups in total. The average Bonchev–Trinajstić information content (AvgIpc) is 3.42. The largest absolute Gasteiger partial charge is 0.293 e. The summed E-state index contributed by atoms with van der Waals surface area (Å²) >= 11 is 50.2. The number of ketones is 2. The van der Waals surface area contributed by atoms with Crippen LogP contribution in [0.15, 0.2) is 42.5 Å². The zero-order chi connectivity index (χ0) is 31.5. The van der Waals surface area contributed by atoms with E-state index in [4.69, 9.17) is 92.8 Å². The Morgan fingerprint density at radius 1 is 0.568 bits per heavy atom. The molecule has 0 saturated carbocycles. The van der Waals surface area contributed by atoms with Crippen molar-refractivity contribution in [2.24, 2.45) is 0 Å². The zero-order valence-corrected chi connectivity index (χ0v) is 27.2. The first-order valence-corrected chi connectivity index (χ1v) is 15.4. The maximum atomic E-state index is 13.7.